The topological polar surface area (TPSA) is 559 Å². The van der Waals surface area contributed by atoms with Gasteiger partial charge in [0.05, 0.1) is 47.4 Å². The van der Waals surface area contributed by atoms with E-state index in [1.807, 2.05) is 13.8 Å². The number of nitrogens with one attached hydrogen (secondary N) is 7. The zero-order chi connectivity index (χ0) is 75.0. The Labute approximate surface area is 594 Å². The van der Waals surface area contributed by atoms with E-state index in [-0.39, 0.29) is 46.2 Å². The minimum atomic E-state index is -2.36. The number of amides is 7. The number of aromatic hydroxyl groups is 3. The number of carbonyl (C=O) groups excluding carboxylic acids is 7. The first-order valence-corrected chi connectivity index (χ1v) is 32.8. The number of phenols is 3. The molecule has 11 unspecified atom stereocenters. The molecule has 7 amide bonds. The van der Waals surface area contributed by atoms with Crippen LogP contribution < -0.4 is 62.9 Å². The monoisotopic (exact) mass is 1470 g/mol. The lowest BCUT2D eigenvalue weighted by molar-refractivity contribution is -0.330. The Morgan fingerprint density at radius 1 is 0.748 bits per heavy atom. The number of halogens is 2. The van der Waals surface area contributed by atoms with Crippen molar-refractivity contribution in [2.45, 2.75) is 156 Å². The van der Waals surface area contributed by atoms with Crippen molar-refractivity contribution >= 4 is 70.5 Å². The first-order chi connectivity index (χ1) is 48.7. The number of aliphatic hydroxyl groups excluding tert-OH is 5. The normalized spacial score (nSPS) is 29.0. The zero-order valence-corrected chi connectivity index (χ0v) is 56.7. The first kappa shape index (κ1) is 75.8. The summed E-state index contributed by atoms with van der Waals surface area (Å²) >= 11 is 14.1. The zero-order valence-electron chi connectivity index (χ0n) is 55.2. The molecule has 7 heterocycles. The van der Waals surface area contributed by atoms with Gasteiger partial charge in [-0.1, -0.05) is 60.4 Å². The largest absolute Gasteiger partial charge is 0.508 e. The maximum absolute atomic E-state index is 16.1. The molecule has 7 aliphatic rings. The highest BCUT2D eigenvalue weighted by atomic mass is 35.5. The number of nitrogens with zero attached hydrogens (tertiary/aromatic N) is 3. The Balaban J connectivity index is 1.25. The molecule has 37 heteroatoms. The fraction of sp³-hybridized carbons (Fsp3) is 0.424. The third-order valence-electron chi connectivity index (χ3n) is 17.9. The molecule has 0 radical (unpaired) electrons. The summed E-state index contributed by atoms with van der Waals surface area (Å²) in [7, 11) is 1.47. The molecule has 7 aliphatic heterocycles. The predicted molar refractivity (Wildman–Crippen MR) is 356 cm³/mol. The summed E-state index contributed by atoms with van der Waals surface area (Å²) in [4.78, 5) is 120. The number of carboxylic acids is 1. The third-order valence-corrected chi connectivity index (χ3v) is 18.5. The summed E-state index contributed by atoms with van der Waals surface area (Å²) in [6.45, 7) is 5.94. The van der Waals surface area contributed by atoms with E-state index < -0.39 is 237 Å². The van der Waals surface area contributed by atoms with Crippen LogP contribution in [0.25, 0.3) is 21.6 Å². The Bertz CT molecular complexity index is 4220. The molecule has 2 saturated heterocycles. The van der Waals surface area contributed by atoms with E-state index in [9.17, 15) is 75.5 Å². The maximum Gasteiger partial charge on any atom is 0.330 e. The van der Waals surface area contributed by atoms with Crippen LogP contribution in [0.1, 0.15) is 105 Å². The molecule has 103 heavy (non-hydrogen) atoms. The fourth-order valence-corrected chi connectivity index (χ4v) is 13.1. The molecule has 12 rings (SSSR count). The minimum Gasteiger partial charge on any atom is -0.508 e. The van der Waals surface area contributed by atoms with Crippen LogP contribution >= 0.6 is 23.2 Å². The van der Waals surface area contributed by atoms with Gasteiger partial charge in [-0.2, -0.15) is 0 Å². The highest BCUT2D eigenvalue weighted by Crippen LogP contribution is 2.50. The van der Waals surface area contributed by atoms with Crippen LogP contribution in [0.2, 0.25) is 10.0 Å². The van der Waals surface area contributed by atoms with E-state index in [1.54, 1.807) is 0 Å². The fourth-order valence-electron chi connectivity index (χ4n) is 12.6. The second-order valence-electron chi connectivity index (χ2n) is 25.9. The number of fused-ring (bicyclic) bond motifs is 15. The molecule has 35 nitrogen and oxygen atoms in total. The van der Waals surface area contributed by atoms with Crippen LogP contribution in [0, 0.1) is 5.92 Å². The molecule has 0 spiro atoms. The number of rotatable bonds is 14. The molecular weight excluding hydrogens is 1400 g/mol. The van der Waals surface area contributed by atoms with Crippen molar-refractivity contribution in [2.24, 2.45) is 22.5 Å². The molecule has 20 N–H and O–H groups in total. The number of aliphatic carboxylic acids is 1. The number of hydrogen-bond acceptors (Lipinski definition) is 25. The third kappa shape index (κ3) is 16.3. The number of carbonyl (C=O) groups is 8. The van der Waals surface area contributed by atoms with Crippen LogP contribution in [0.3, 0.4) is 0 Å². The lowest BCUT2D eigenvalue weighted by Crippen LogP contribution is -2.64. The van der Waals surface area contributed by atoms with Crippen LogP contribution in [-0.2, 0) is 52.6 Å². The number of azide groups is 1. The van der Waals surface area contributed by atoms with Gasteiger partial charge in [0.1, 0.15) is 83.4 Å². The standard InChI is InChI=1S/C66H74Cl2N12O23/c1-23(2)12-34(72-5)58(90)78-49-51(85)26-7-10-38(32(67)14-26)99-40-16-28-17-41(55(40)103-65-56(54(88)53(87)42(101-65)22-73-80-71)102-44-21-66(4,70)57(89)24(3)98-44)100-39-11-8-27(15-33(39)68)52(86)50-63(95)77-48(64(96)97)31-18-29(81)19-37(83)45(31)30-13-25(6-9-36(30)82)46(60(92)79-50)76-61(93)47(28)75-59(91)35(20-43(69)84)74-62(49)94/h6-11,13-19,23-24,34-35,42,44,46-54,56-57,65,72,81-83,85-89H,12,20-22,70H2,1-5H3,(H2,69,84)(H,74,94)(H,75,91)(H,76,93)(H,77,95)(H,78,90)(H,79,92)(H,96,97)/t24?,34-,35+,42?,44?,46?,47?,48-,49-,50+,51-,52-,53?,54?,56?,57?,65?,66?/m1/s1. The number of carboxylic acid groups (broad SMARTS) is 1. The lowest BCUT2D eigenvalue weighted by atomic mass is 9.86. The summed E-state index contributed by atoms with van der Waals surface area (Å²) in [6, 6.07) is -0.810. The second kappa shape index (κ2) is 31.0. The highest BCUT2D eigenvalue weighted by Gasteiger charge is 2.51. The summed E-state index contributed by atoms with van der Waals surface area (Å²) in [5.74, 6) is -16.1. The average Bonchev–Trinajstić information content (AvgIpc) is 0.771. The summed E-state index contributed by atoms with van der Waals surface area (Å²) in [5.41, 5.74) is 17.4. The first-order valence-electron chi connectivity index (χ1n) is 32.0. The van der Waals surface area contributed by atoms with Gasteiger partial charge in [-0.25, -0.2) is 4.79 Å². The Morgan fingerprint density at radius 3 is 1.95 bits per heavy atom. The van der Waals surface area contributed by atoms with Gasteiger partial charge in [0.15, 0.2) is 29.9 Å². The van der Waals surface area contributed by atoms with Gasteiger partial charge in [-0.15, -0.1) is 0 Å². The number of likely N-dealkylation sites (N-methyl/N-ethyl adjacent to an activating group) is 1. The summed E-state index contributed by atoms with van der Waals surface area (Å²) in [5, 5.41) is 124. The Kier molecular flexibility index (Phi) is 22.8. The predicted octanol–water partition coefficient (Wildman–Crippen LogP) is 1.42. The van der Waals surface area contributed by atoms with Gasteiger partial charge < -0.3 is 123 Å². The molecule has 0 aromatic heterocycles. The average molecular weight is 1470 g/mol. The molecule has 0 aliphatic carbocycles. The van der Waals surface area contributed by atoms with Crippen molar-refractivity contribution in [3.8, 4) is 57.1 Å². The van der Waals surface area contributed by atoms with Crippen molar-refractivity contribution in [2.75, 3.05) is 13.6 Å². The number of nitrogens with two attached hydrogens (primary N) is 2. The number of benzene rings is 5. The van der Waals surface area contributed by atoms with Crippen molar-refractivity contribution in [3.63, 3.8) is 0 Å². The number of primary amides is 1. The van der Waals surface area contributed by atoms with Gasteiger partial charge in [-0.3, -0.25) is 33.6 Å². The van der Waals surface area contributed by atoms with Gasteiger partial charge in [0, 0.05) is 39.6 Å². The quantitative estimate of drug-likeness (QED) is 0.0425. The SMILES string of the molecule is CN[C@H](CC(C)C)C(=O)N[C@H]1C(=O)N[C@@H](CC(N)=O)C(=O)NC2C(=O)NC3C(=O)N[C@H](C(=O)N[C@@H](C(=O)O)c4cc(O)cc(O)c4-c4cc3ccc4O)[C@H](O)c3ccc(c(Cl)c3)Oc3cc2cc(c3OC2OC(CN=[N+]=[N-])C(O)C(O)C2OC2CC(C)(N)C(O)C(C)O2)Oc2ccc(cc2Cl)[C@H]1O. The van der Waals surface area contributed by atoms with Gasteiger partial charge in [0.25, 0.3) is 0 Å². The minimum absolute atomic E-state index is 0.103. The van der Waals surface area contributed by atoms with Crippen LogP contribution in [0.15, 0.2) is 84.0 Å². The van der Waals surface area contributed by atoms with E-state index in [0.29, 0.717) is 0 Å². The van der Waals surface area contributed by atoms with Crippen LogP contribution in [0.4, 0.5) is 0 Å². The number of hydrogen-bond donors (Lipinski definition) is 18. The van der Waals surface area contributed by atoms with Crippen molar-refractivity contribution in [1.29, 1.82) is 0 Å². The van der Waals surface area contributed by atoms with Crippen LogP contribution in [0.5, 0.6) is 46.0 Å². The Hall–Kier alpha value is -9.85. The highest BCUT2D eigenvalue weighted by molar-refractivity contribution is 6.32. The lowest BCUT2D eigenvalue weighted by Gasteiger charge is -2.47. The molecule has 18 atom stereocenters. The number of ether oxygens (including phenoxy) is 6. The van der Waals surface area contributed by atoms with E-state index in [1.165, 1.54) is 33.0 Å². The van der Waals surface area contributed by atoms with Gasteiger partial charge in [-0.05, 0) is 116 Å². The van der Waals surface area contributed by atoms with Crippen molar-refractivity contribution < 1.29 is 113 Å². The second-order valence-corrected chi connectivity index (χ2v) is 26.8. The number of aliphatic hydroxyl groups is 5. The molecule has 550 valence electrons. The molecule has 5 aromatic rings. The summed E-state index contributed by atoms with van der Waals surface area (Å²) in [6.07, 6.45) is -18.7. The maximum atomic E-state index is 16.1. The van der Waals surface area contributed by atoms with E-state index >= 15 is 14.4 Å². The Morgan fingerprint density at radius 2 is 1.36 bits per heavy atom. The smallest absolute Gasteiger partial charge is 0.330 e. The van der Waals surface area contributed by atoms with Crippen LogP contribution in [-0.4, -0.2) is 186 Å². The molecular formula is C66H74Cl2N12O23. The van der Waals surface area contributed by atoms with Gasteiger partial charge in [0.2, 0.25) is 53.4 Å². The van der Waals surface area contributed by atoms with Gasteiger partial charge >= 0.3 is 5.97 Å². The molecule has 11 bridgehead atoms. The summed E-state index contributed by atoms with van der Waals surface area (Å²) < 4.78 is 38.6. The van der Waals surface area contributed by atoms with Crippen molar-refractivity contribution in [3.05, 3.63) is 127 Å². The van der Waals surface area contributed by atoms with E-state index in [4.69, 9.17) is 63.1 Å². The van der Waals surface area contributed by atoms with E-state index in [2.05, 4.69) is 47.2 Å². The molecule has 5 aromatic carbocycles. The number of phenolic OH excluding ortho intramolecular Hbond substituents is 3. The van der Waals surface area contributed by atoms with Crippen molar-refractivity contribution in [1.82, 2.24) is 37.2 Å². The van der Waals surface area contributed by atoms with E-state index in [0.717, 1.165) is 66.7 Å². The molecule has 2 fully saturated rings. The molecule has 0 saturated carbocycles.